The fraction of sp³-hybridized carbons (Fsp3) is 0.448. The van der Waals surface area contributed by atoms with Gasteiger partial charge in [0.2, 0.25) is 5.95 Å². The summed E-state index contributed by atoms with van der Waals surface area (Å²) in [5.74, 6) is 1.79. The molecular weight excluding hydrogens is 497 g/mol. The van der Waals surface area contributed by atoms with E-state index in [4.69, 9.17) is 9.47 Å². The minimum absolute atomic E-state index is 0.254. The molecule has 3 aliphatic rings. The van der Waals surface area contributed by atoms with Crippen molar-refractivity contribution in [2.75, 3.05) is 44.7 Å². The quantitative estimate of drug-likeness (QED) is 0.472. The van der Waals surface area contributed by atoms with Crippen LogP contribution in [-0.2, 0) is 4.74 Å². The van der Waals surface area contributed by atoms with E-state index in [1.807, 2.05) is 0 Å². The minimum Gasteiger partial charge on any atom is -0.486 e. The highest BCUT2D eigenvalue weighted by atomic mass is 19.1. The van der Waals surface area contributed by atoms with Crippen molar-refractivity contribution >= 4 is 11.6 Å². The highest BCUT2D eigenvalue weighted by Crippen LogP contribution is 2.31. The summed E-state index contributed by atoms with van der Waals surface area (Å²) in [5, 5.41) is 16.0. The molecule has 6 rings (SSSR count). The molecule has 0 saturated carbocycles. The number of ether oxygens (including phenoxy) is 2. The van der Waals surface area contributed by atoms with Crippen LogP contribution in [-0.4, -0.2) is 77.6 Å². The maximum Gasteiger partial charge on any atom is 0.230 e. The summed E-state index contributed by atoms with van der Waals surface area (Å²) in [7, 11) is 0. The van der Waals surface area contributed by atoms with Crippen molar-refractivity contribution < 1.29 is 13.9 Å². The van der Waals surface area contributed by atoms with Gasteiger partial charge in [-0.1, -0.05) is 12.1 Å². The van der Waals surface area contributed by atoms with E-state index >= 15 is 0 Å². The molecule has 10 heteroatoms. The zero-order chi connectivity index (χ0) is 26.6. The van der Waals surface area contributed by atoms with Crippen molar-refractivity contribution in [3.63, 3.8) is 0 Å². The van der Waals surface area contributed by atoms with Crippen molar-refractivity contribution in [1.29, 1.82) is 5.26 Å². The summed E-state index contributed by atoms with van der Waals surface area (Å²) >= 11 is 0. The summed E-state index contributed by atoms with van der Waals surface area (Å²) in [6.45, 7) is 4.95. The molecule has 4 heterocycles. The zero-order valence-corrected chi connectivity index (χ0v) is 21.7. The largest absolute Gasteiger partial charge is 0.486 e. The van der Waals surface area contributed by atoms with Gasteiger partial charge in [0.25, 0.3) is 0 Å². The molecular formula is C29H32FN7O2. The van der Waals surface area contributed by atoms with Crippen LogP contribution in [0.15, 0.2) is 48.8 Å². The van der Waals surface area contributed by atoms with Gasteiger partial charge in [-0.3, -0.25) is 4.90 Å². The molecule has 0 bridgehead atoms. The Kier molecular flexibility index (Phi) is 7.63. The van der Waals surface area contributed by atoms with Crippen LogP contribution >= 0.6 is 0 Å². The lowest BCUT2D eigenvalue weighted by molar-refractivity contribution is -0.0712. The third-order valence-electron chi connectivity index (χ3n) is 7.86. The van der Waals surface area contributed by atoms with E-state index in [0.29, 0.717) is 53.6 Å². The van der Waals surface area contributed by atoms with E-state index in [1.54, 1.807) is 18.2 Å². The molecule has 2 aromatic carbocycles. The molecule has 39 heavy (non-hydrogen) atoms. The number of aromatic nitrogens is 3. The molecule has 0 spiro atoms. The van der Waals surface area contributed by atoms with Crippen molar-refractivity contribution in [3.05, 3.63) is 59.9 Å². The van der Waals surface area contributed by atoms with Crippen molar-refractivity contribution in [1.82, 2.24) is 25.2 Å². The maximum absolute atomic E-state index is 14.2. The maximum atomic E-state index is 14.2. The average molecular weight is 530 g/mol. The molecule has 2 N–H and O–H groups in total. The van der Waals surface area contributed by atoms with Gasteiger partial charge in [-0.15, -0.1) is 0 Å². The van der Waals surface area contributed by atoms with Crippen LogP contribution in [0.2, 0.25) is 0 Å². The number of hydrogen-bond acceptors (Lipinski definition) is 9. The lowest BCUT2D eigenvalue weighted by atomic mass is 9.88. The Morgan fingerprint density at radius 2 is 1.90 bits per heavy atom. The van der Waals surface area contributed by atoms with E-state index in [9.17, 15) is 9.65 Å². The summed E-state index contributed by atoms with van der Waals surface area (Å²) < 4.78 is 25.4. The fourth-order valence-corrected chi connectivity index (χ4v) is 5.45. The van der Waals surface area contributed by atoms with Crippen molar-refractivity contribution in [2.24, 2.45) is 0 Å². The van der Waals surface area contributed by atoms with Crippen molar-refractivity contribution in [3.8, 4) is 23.2 Å². The standard InChI is InChI=1S/C29H32FN7O2/c30-25-15-32-10-7-27(25)39-26-6-3-21(13-22(26)14-31)28-33-18-34-29(36-28)35-23-4-1-19(2-5-23)20-8-11-37(12-9-20)24-16-38-17-24/h1-6,13,18,20,24-25,27,32H,7-12,15-17H2,(H,33,34,35,36)/t25-,27-/m0/s1. The number of halogens is 1. The molecule has 3 fully saturated rings. The Morgan fingerprint density at radius 1 is 1.08 bits per heavy atom. The lowest BCUT2D eigenvalue weighted by Crippen LogP contribution is -2.51. The SMILES string of the molecule is N#Cc1cc(-c2ncnc(Nc3ccc(C4CCN(C5COC5)CC4)cc3)n2)ccc1O[C@H]1CCNC[C@@H]1F. The molecule has 202 valence electrons. The van der Waals surface area contributed by atoms with Gasteiger partial charge in [-0.05, 0) is 80.7 Å². The van der Waals surface area contributed by atoms with Crippen LogP contribution in [0.25, 0.3) is 11.4 Å². The van der Waals surface area contributed by atoms with Gasteiger partial charge in [0.1, 0.15) is 30.4 Å². The first-order chi connectivity index (χ1) is 19.2. The summed E-state index contributed by atoms with van der Waals surface area (Å²) in [5.41, 5.74) is 3.22. The summed E-state index contributed by atoms with van der Waals surface area (Å²) in [6, 6.07) is 16.4. The number of alkyl halides is 1. The minimum atomic E-state index is -1.11. The monoisotopic (exact) mass is 529 g/mol. The fourth-order valence-electron chi connectivity index (χ4n) is 5.45. The molecule has 3 saturated heterocycles. The van der Waals surface area contributed by atoms with Crippen molar-refractivity contribution in [2.45, 2.75) is 43.5 Å². The number of likely N-dealkylation sites (tertiary alicyclic amines) is 1. The van der Waals surface area contributed by atoms with E-state index < -0.39 is 12.3 Å². The second-order valence-corrected chi connectivity index (χ2v) is 10.4. The number of nitrogens with zero attached hydrogens (tertiary/aromatic N) is 5. The first-order valence-corrected chi connectivity index (χ1v) is 13.6. The Bertz CT molecular complexity index is 1320. The number of rotatable bonds is 7. The van der Waals surface area contributed by atoms with E-state index in [1.165, 1.54) is 24.7 Å². The molecule has 1 aromatic heterocycles. The van der Waals surface area contributed by atoms with Crippen LogP contribution in [0.3, 0.4) is 0 Å². The van der Waals surface area contributed by atoms with Gasteiger partial charge in [0, 0.05) is 17.8 Å². The molecule has 0 aliphatic carbocycles. The predicted molar refractivity (Wildman–Crippen MR) is 145 cm³/mol. The zero-order valence-electron chi connectivity index (χ0n) is 21.7. The van der Waals surface area contributed by atoms with E-state index in [0.717, 1.165) is 32.0 Å². The Morgan fingerprint density at radius 3 is 2.62 bits per heavy atom. The summed E-state index contributed by atoms with van der Waals surface area (Å²) in [6.07, 6.45) is 2.64. The number of benzene rings is 2. The van der Waals surface area contributed by atoms with Gasteiger partial charge in [-0.25, -0.2) is 14.4 Å². The van der Waals surface area contributed by atoms with Gasteiger partial charge in [0.15, 0.2) is 5.82 Å². The first kappa shape index (κ1) is 25.6. The van der Waals surface area contributed by atoms with Crippen LogP contribution in [0.4, 0.5) is 16.0 Å². The Hall–Kier alpha value is -3.65. The number of piperidine rings is 2. The molecule has 3 aliphatic heterocycles. The molecule has 2 atom stereocenters. The predicted octanol–water partition coefficient (Wildman–Crippen LogP) is 3.81. The third-order valence-corrected chi connectivity index (χ3v) is 7.86. The third kappa shape index (κ3) is 5.86. The molecule has 3 aromatic rings. The van der Waals surface area contributed by atoms with Gasteiger partial charge in [0.05, 0.1) is 24.8 Å². The highest BCUT2D eigenvalue weighted by Gasteiger charge is 2.30. The number of nitriles is 1. The number of anilines is 2. The Labute approximate surface area is 227 Å². The molecule has 0 unspecified atom stereocenters. The number of hydrogen-bond donors (Lipinski definition) is 2. The van der Waals surface area contributed by atoms with Crippen LogP contribution in [0, 0.1) is 11.3 Å². The Balaban J connectivity index is 1.10. The lowest BCUT2D eigenvalue weighted by Gasteiger charge is -2.41. The second-order valence-electron chi connectivity index (χ2n) is 10.4. The van der Waals surface area contributed by atoms with Crippen LogP contribution in [0.5, 0.6) is 5.75 Å². The summed E-state index contributed by atoms with van der Waals surface area (Å²) in [4.78, 5) is 15.7. The topological polar surface area (TPSA) is 108 Å². The highest BCUT2D eigenvalue weighted by molar-refractivity contribution is 5.63. The molecule has 9 nitrogen and oxygen atoms in total. The van der Waals surface area contributed by atoms with E-state index in [-0.39, 0.29) is 6.54 Å². The second kappa shape index (κ2) is 11.6. The van der Waals surface area contributed by atoms with Gasteiger partial charge in [-0.2, -0.15) is 10.2 Å². The molecule has 0 amide bonds. The average Bonchev–Trinajstić information content (AvgIpc) is 2.95. The van der Waals surface area contributed by atoms with Crippen LogP contribution < -0.4 is 15.4 Å². The smallest absolute Gasteiger partial charge is 0.230 e. The number of nitrogens with one attached hydrogen (secondary N) is 2. The van der Waals surface area contributed by atoms with E-state index in [2.05, 4.69) is 60.8 Å². The molecule has 0 radical (unpaired) electrons. The normalized spacial score (nSPS) is 22.6. The van der Waals surface area contributed by atoms with Gasteiger partial charge < -0.3 is 20.1 Å². The first-order valence-electron chi connectivity index (χ1n) is 13.6. The van der Waals surface area contributed by atoms with Crippen LogP contribution in [0.1, 0.15) is 36.3 Å². The van der Waals surface area contributed by atoms with Gasteiger partial charge >= 0.3 is 0 Å².